The van der Waals surface area contributed by atoms with Gasteiger partial charge in [-0.2, -0.15) is 0 Å². The van der Waals surface area contributed by atoms with Gasteiger partial charge in [0.15, 0.2) is 5.76 Å². The Morgan fingerprint density at radius 3 is 2.53 bits per heavy atom. The minimum Gasteiger partial charge on any atom is -0.494 e. The molecule has 0 spiro atoms. The normalized spacial score (nSPS) is 18.2. The standard InChI is InChI=1S/C13H21N3O/c1-5-10(15-3)12-9(14)7-8-11(16-6-2)13(12)17-4/h7-8,14-16H,5-6H2,1-4H3/b12-10+,14-9?. The Bertz CT molecular complexity index is 385. The average Bonchev–Trinajstić information content (AvgIpc) is 2.34. The summed E-state index contributed by atoms with van der Waals surface area (Å²) < 4.78 is 5.45. The maximum Gasteiger partial charge on any atom is 0.153 e. The molecule has 0 aromatic carbocycles. The van der Waals surface area contributed by atoms with E-state index in [0.29, 0.717) is 5.71 Å². The zero-order valence-corrected chi connectivity index (χ0v) is 11.0. The van der Waals surface area contributed by atoms with Gasteiger partial charge in [-0.15, -0.1) is 0 Å². The van der Waals surface area contributed by atoms with Gasteiger partial charge in [0.25, 0.3) is 0 Å². The molecule has 0 amide bonds. The Labute approximate surface area is 103 Å². The topological polar surface area (TPSA) is 57.1 Å². The molecule has 1 aliphatic carbocycles. The minimum atomic E-state index is 0.481. The van der Waals surface area contributed by atoms with Crippen LogP contribution in [0.15, 0.2) is 34.9 Å². The molecule has 0 radical (unpaired) electrons. The van der Waals surface area contributed by atoms with E-state index in [1.807, 2.05) is 20.0 Å². The summed E-state index contributed by atoms with van der Waals surface area (Å²) in [5.74, 6) is 0.741. The zero-order valence-electron chi connectivity index (χ0n) is 11.0. The number of rotatable bonds is 5. The van der Waals surface area contributed by atoms with Crippen LogP contribution in [0.1, 0.15) is 20.3 Å². The van der Waals surface area contributed by atoms with Crippen LogP contribution in [0.5, 0.6) is 0 Å². The molecule has 0 unspecified atom stereocenters. The van der Waals surface area contributed by atoms with Crippen LogP contribution in [0.4, 0.5) is 0 Å². The summed E-state index contributed by atoms with van der Waals surface area (Å²) in [6.07, 6.45) is 4.52. The van der Waals surface area contributed by atoms with Gasteiger partial charge in [-0.3, -0.25) is 0 Å². The van der Waals surface area contributed by atoms with E-state index in [0.717, 1.165) is 35.7 Å². The van der Waals surface area contributed by atoms with E-state index in [2.05, 4.69) is 17.6 Å². The number of methoxy groups -OCH3 is 1. The summed E-state index contributed by atoms with van der Waals surface area (Å²) in [6, 6.07) is 0. The Morgan fingerprint density at radius 2 is 2.06 bits per heavy atom. The van der Waals surface area contributed by atoms with Gasteiger partial charge in [-0.05, 0) is 25.5 Å². The summed E-state index contributed by atoms with van der Waals surface area (Å²) >= 11 is 0. The Balaban J connectivity index is 3.31. The highest BCUT2D eigenvalue weighted by atomic mass is 16.5. The number of likely N-dealkylation sites (N-methyl/N-ethyl adjacent to an activating group) is 1. The monoisotopic (exact) mass is 235 g/mol. The van der Waals surface area contributed by atoms with Crippen molar-refractivity contribution < 1.29 is 4.74 Å². The molecular weight excluding hydrogens is 214 g/mol. The predicted molar refractivity (Wildman–Crippen MR) is 71.0 cm³/mol. The quantitative estimate of drug-likeness (QED) is 0.682. The molecule has 4 heteroatoms. The number of hydrogen-bond acceptors (Lipinski definition) is 4. The van der Waals surface area contributed by atoms with Crippen molar-refractivity contribution in [3.8, 4) is 0 Å². The van der Waals surface area contributed by atoms with Crippen molar-refractivity contribution in [1.29, 1.82) is 5.41 Å². The second-order valence-electron chi connectivity index (χ2n) is 3.68. The summed E-state index contributed by atoms with van der Waals surface area (Å²) in [5, 5.41) is 14.4. The van der Waals surface area contributed by atoms with Gasteiger partial charge < -0.3 is 20.8 Å². The maximum absolute atomic E-state index is 8.01. The van der Waals surface area contributed by atoms with Crippen molar-refractivity contribution in [1.82, 2.24) is 10.6 Å². The highest BCUT2D eigenvalue weighted by molar-refractivity contribution is 6.11. The van der Waals surface area contributed by atoms with Crippen molar-refractivity contribution >= 4 is 5.71 Å². The molecule has 0 fully saturated rings. The van der Waals surface area contributed by atoms with Crippen LogP contribution in [0.3, 0.4) is 0 Å². The van der Waals surface area contributed by atoms with E-state index in [1.54, 1.807) is 13.2 Å². The lowest BCUT2D eigenvalue weighted by Crippen LogP contribution is -2.23. The number of allylic oxidation sites excluding steroid dienone is 4. The molecule has 0 saturated carbocycles. The van der Waals surface area contributed by atoms with E-state index >= 15 is 0 Å². The van der Waals surface area contributed by atoms with Crippen LogP contribution in [-0.4, -0.2) is 26.4 Å². The fourth-order valence-electron chi connectivity index (χ4n) is 1.90. The summed E-state index contributed by atoms with van der Waals surface area (Å²) in [6.45, 7) is 4.93. The molecule has 1 rings (SSSR count). The molecule has 0 aromatic heterocycles. The van der Waals surface area contributed by atoms with Gasteiger partial charge in [0.1, 0.15) is 0 Å². The first kappa shape index (κ1) is 13.4. The second-order valence-corrected chi connectivity index (χ2v) is 3.68. The van der Waals surface area contributed by atoms with Crippen LogP contribution >= 0.6 is 0 Å². The number of ether oxygens (including phenoxy) is 1. The molecule has 0 bridgehead atoms. The van der Waals surface area contributed by atoms with Crippen LogP contribution < -0.4 is 10.6 Å². The van der Waals surface area contributed by atoms with E-state index in [1.165, 1.54) is 0 Å². The van der Waals surface area contributed by atoms with E-state index < -0.39 is 0 Å². The van der Waals surface area contributed by atoms with Gasteiger partial charge in [0, 0.05) is 19.3 Å². The summed E-state index contributed by atoms with van der Waals surface area (Å²) in [4.78, 5) is 0. The van der Waals surface area contributed by atoms with Crippen molar-refractivity contribution in [2.75, 3.05) is 20.7 Å². The number of nitrogens with one attached hydrogen (secondary N) is 3. The third-order valence-corrected chi connectivity index (χ3v) is 2.69. The van der Waals surface area contributed by atoms with Gasteiger partial charge in [0.2, 0.25) is 0 Å². The maximum atomic E-state index is 8.01. The first-order valence-corrected chi connectivity index (χ1v) is 5.89. The van der Waals surface area contributed by atoms with Crippen LogP contribution in [0.2, 0.25) is 0 Å². The minimum absolute atomic E-state index is 0.481. The zero-order chi connectivity index (χ0) is 12.8. The fraction of sp³-hybridized carbons (Fsp3) is 0.462. The molecule has 17 heavy (non-hydrogen) atoms. The lowest BCUT2D eigenvalue weighted by Gasteiger charge is -2.22. The average molecular weight is 235 g/mol. The van der Waals surface area contributed by atoms with E-state index in [9.17, 15) is 0 Å². The predicted octanol–water partition coefficient (Wildman–Crippen LogP) is 1.93. The fourth-order valence-corrected chi connectivity index (χ4v) is 1.90. The molecule has 0 heterocycles. The van der Waals surface area contributed by atoms with Crippen molar-refractivity contribution in [3.05, 3.63) is 34.9 Å². The molecule has 0 atom stereocenters. The van der Waals surface area contributed by atoms with Gasteiger partial charge in [-0.1, -0.05) is 6.92 Å². The lowest BCUT2D eigenvalue weighted by atomic mass is 9.98. The third-order valence-electron chi connectivity index (χ3n) is 2.69. The van der Waals surface area contributed by atoms with Gasteiger partial charge in [-0.25, -0.2) is 0 Å². The van der Waals surface area contributed by atoms with E-state index in [4.69, 9.17) is 10.1 Å². The van der Waals surface area contributed by atoms with Crippen LogP contribution in [-0.2, 0) is 4.74 Å². The molecule has 0 aromatic rings. The Morgan fingerprint density at radius 1 is 1.35 bits per heavy atom. The Kier molecular flexibility index (Phi) is 4.82. The first-order valence-electron chi connectivity index (χ1n) is 5.89. The van der Waals surface area contributed by atoms with Gasteiger partial charge in [0.05, 0.1) is 24.1 Å². The van der Waals surface area contributed by atoms with Crippen LogP contribution in [0.25, 0.3) is 0 Å². The summed E-state index contributed by atoms with van der Waals surface area (Å²) in [5.41, 5.74) is 3.28. The molecular formula is C13H21N3O. The summed E-state index contributed by atoms with van der Waals surface area (Å²) in [7, 11) is 3.51. The van der Waals surface area contributed by atoms with Crippen LogP contribution in [0, 0.1) is 5.41 Å². The molecule has 94 valence electrons. The Hall–Kier alpha value is -1.71. The lowest BCUT2D eigenvalue weighted by molar-refractivity contribution is 0.296. The van der Waals surface area contributed by atoms with Crippen molar-refractivity contribution in [2.45, 2.75) is 20.3 Å². The molecule has 1 aliphatic rings. The van der Waals surface area contributed by atoms with Crippen molar-refractivity contribution in [3.63, 3.8) is 0 Å². The highest BCUT2D eigenvalue weighted by Crippen LogP contribution is 2.25. The van der Waals surface area contributed by atoms with Crippen molar-refractivity contribution in [2.24, 2.45) is 0 Å². The van der Waals surface area contributed by atoms with E-state index in [-0.39, 0.29) is 0 Å². The molecule has 4 nitrogen and oxygen atoms in total. The molecule has 0 aliphatic heterocycles. The molecule has 3 N–H and O–H groups in total. The smallest absolute Gasteiger partial charge is 0.153 e. The third kappa shape index (κ3) is 2.70. The highest BCUT2D eigenvalue weighted by Gasteiger charge is 2.21. The van der Waals surface area contributed by atoms with Gasteiger partial charge >= 0.3 is 0 Å². The second kappa shape index (κ2) is 6.13. The first-order chi connectivity index (χ1) is 8.19. The largest absolute Gasteiger partial charge is 0.494 e. The molecule has 0 saturated heterocycles. The SMILES string of the molecule is CCNC1=C(OC)/C(=C(\CC)NC)C(=N)C=C1. The number of hydrogen-bond donors (Lipinski definition) is 3.